The van der Waals surface area contributed by atoms with Crippen LogP contribution in [0.4, 0.5) is 0 Å². The van der Waals surface area contributed by atoms with Crippen molar-refractivity contribution in [2.45, 2.75) is 77.7 Å². The first-order valence-electron chi connectivity index (χ1n) is 9.33. The van der Waals surface area contributed by atoms with Gasteiger partial charge in [0.1, 0.15) is 0 Å². The van der Waals surface area contributed by atoms with Gasteiger partial charge >= 0.3 is 0 Å². The van der Waals surface area contributed by atoms with Gasteiger partial charge in [-0.2, -0.15) is 0 Å². The van der Waals surface area contributed by atoms with E-state index in [1.54, 1.807) is 0 Å². The summed E-state index contributed by atoms with van der Waals surface area (Å²) in [7, 11) is 0. The van der Waals surface area contributed by atoms with Crippen molar-refractivity contribution >= 4 is 0 Å². The third kappa shape index (κ3) is 1.79. The van der Waals surface area contributed by atoms with Crippen molar-refractivity contribution in [1.82, 2.24) is 0 Å². The molecule has 1 N–H and O–H groups in total. The summed E-state index contributed by atoms with van der Waals surface area (Å²) in [5.74, 6) is 3.02. The normalized spacial score (nSPS) is 56.5. The fraction of sp³-hybridized carbons (Fsp3) is 0.900. The molecule has 21 heavy (non-hydrogen) atoms. The summed E-state index contributed by atoms with van der Waals surface area (Å²) in [5, 5.41) is 11.1. The molecule has 7 atom stereocenters. The summed E-state index contributed by atoms with van der Waals surface area (Å²) < 4.78 is 0. The van der Waals surface area contributed by atoms with Gasteiger partial charge < -0.3 is 5.11 Å². The Morgan fingerprint density at radius 3 is 2.71 bits per heavy atom. The largest absolute Gasteiger partial charge is 0.393 e. The van der Waals surface area contributed by atoms with Gasteiger partial charge in [-0.1, -0.05) is 38.8 Å². The Morgan fingerprint density at radius 2 is 1.90 bits per heavy atom. The van der Waals surface area contributed by atoms with Crippen LogP contribution in [0.2, 0.25) is 0 Å². The molecule has 0 aromatic rings. The van der Waals surface area contributed by atoms with Gasteiger partial charge in [0.05, 0.1) is 6.10 Å². The van der Waals surface area contributed by atoms with Crippen molar-refractivity contribution < 1.29 is 5.11 Å². The topological polar surface area (TPSA) is 20.2 Å². The molecule has 0 aromatic heterocycles. The van der Waals surface area contributed by atoms with Gasteiger partial charge in [0.15, 0.2) is 0 Å². The lowest BCUT2D eigenvalue weighted by molar-refractivity contribution is -0.156. The average Bonchev–Trinajstić information content (AvgIpc) is 2.73. The highest BCUT2D eigenvalue weighted by molar-refractivity contribution is 5.22. The summed E-state index contributed by atoms with van der Waals surface area (Å²) in [6.45, 7) is 9.31. The maximum absolute atomic E-state index is 11.1. The third-order valence-corrected chi connectivity index (χ3v) is 8.47. The highest BCUT2D eigenvalue weighted by Crippen LogP contribution is 2.67. The molecule has 0 spiro atoms. The van der Waals surface area contributed by atoms with Gasteiger partial charge in [0.25, 0.3) is 0 Å². The third-order valence-electron chi connectivity index (χ3n) is 8.47. The quantitative estimate of drug-likeness (QED) is 0.626. The number of fused-ring (bicyclic) bond motifs is 5. The Kier molecular flexibility index (Phi) is 3.13. The lowest BCUT2D eigenvalue weighted by Gasteiger charge is -2.61. The van der Waals surface area contributed by atoms with Crippen LogP contribution in [0, 0.1) is 34.5 Å². The zero-order chi connectivity index (χ0) is 14.8. The van der Waals surface area contributed by atoms with Gasteiger partial charge in [0.2, 0.25) is 0 Å². The maximum Gasteiger partial charge on any atom is 0.0584 e. The number of aliphatic hydroxyl groups excluding tert-OH is 1. The Labute approximate surface area is 130 Å². The molecule has 7 unspecified atom stereocenters. The Balaban J connectivity index is 1.71. The molecule has 4 saturated carbocycles. The van der Waals surface area contributed by atoms with E-state index in [-0.39, 0.29) is 11.5 Å². The summed E-state index contributed by atoms with van der Waals surface area (Å²) in [5.41, 5.74) is 2.09. The summed E-state index contributed by atoms with van der Waals surface area (Å²) in [6.07, 6.45) is 11.8. The minimum atomic E-state index is -0.0861. The minimum Gasteiger partial charge on any atom is -0.393 e. The maximum atomic E-state index is 11.1. The summed E-state index contributed by atoms with van der Waals surface area (Å²) in [4.78, 5) is 0. The number of allylic oxidation sites excluding steroid dienone is 1. The molecule has 4 fully saturated rings. The van der Waals surface area contributed by atoms with Gasteiger partial charge in [-0.25, -0.2) is 0 Å². The molecule has 0 amide bonds. The smallest absolute Gasteiger partial charge is 0.0584 e. The SMILES string of the molecule is C=C1CCC2C3CCC4CCCCC4(C)C3C(O)CC12C. The van der Waals surface area contributed by atoms with Crippen LogP contribution >= 0.6 is 0 Å². The Hall–Kier alpha value is -0.300. The Morgan fingerprint density at radius 1 is 1.10 bits per heavy atom. The first kappa shape index (κ1) is 14.3. The average molecular weight is 288 g/mol. The van der Waals surface area contributed by atoms with Crippen LogP contribution in [0.15, 0.2) is 12.2 Å². The van der Waals surface area contributed by atoms with Crippen molar-refractivity contribution in [3.05, 3.63) is 12.2 Å². The predicted molar refractivity (Wildman–Crippen MR) is 86.9 cm³/mol. The molecule has 0 aromatic carbocycles. The molecule has 0 saturated heterocycles. The molecule has 4 aliphatic rings. The van der Waals surface area contributed by atoms with Crippen LogP contribution < -0.4 is 0 Å². The lowest BCUT2D eigenvalue weighted by Crippen LogP contribution is -2.57. The summed E-state index contributed by atoms with van der Waals surface area (Å²) in [6, 6.07) is 0. The van der Waals surface area contributed by atoms with Crippen molar-refractivity contribution in [2.75, 3.05) is 0 Å². The standard InChI is InChI=1S/C20H32O/c1-13-7-10-16-15-9-8-14-6-4-5-11-19(14,2)18(15)17(21)12-20(13,16)3/h14-18,21H,1,4-12H2,2-3H3. The number of aliphatic hydroxyl groups is 1. The van der Waals surface area contributed by atoms with Crippen LogP contribution in [0.1, 0.15) is 71.6 Å². The van der Waals surface area contributed by atoms with Gasteiger partial charge in [0, 0.05) is 0 Å². The zero-order valence-corrected chi connectivity index (χ0v) is 13.9. The second kappa shape index (κ2) is 4.60. The van der Waals surface area contributed by atoms with E-state index in [1.165, 1.54) is 56.9 Å². The van der Waals surface area contributed by atoms with E-state index in [9.17, 15) is 5.11 Å². The fourth-order valence-electron chi connectivity index (χ4n) is 7.32. The number of hydrogen-bond donors (Lipinski definition) is 1. The van der Waals surface area contributed by atoms with E-state index in [2.05, 4.69) is 20.4 Å². The molecule has 4 rings (SSSR count). The molecule has 0 bridgehead atoms. The number of hydrogen-bond acceptors (Lipinski definition) is 1. The predicted octanol–water partition coefficient (Wildman–Crippen LogP) is 4.95. The highest BCUT2D eigenvalue weighted by Gasteiger charge is 2.61. The lowest BCUT2D eigenvalue weighted by atomic mass is 9.44. The van der Waals surface area contributed by atoms with Crippen molar-refractivity contribution in [3.63, 3.8) is 0 Å². The van der Waals surface area contributed by atoms with Gasteiger partial charge in [-0.3, -0.25) is 0 Å². The van der Waals surface area contributed by atoms with E-state index in [0.29, 0.717) is 11.3 Å². The first-order valence-corrected chi connectivity index (χ1v) is 9.33. The van der Waals surface area contributed by atoms with E-state index >= 15 is 0 Å². The van der Waals surface area contributed by atoms with Gasteiger partial charge in [-0.05, 0) is 79.4 Å². The van der Waals surface area contributed by atoms with E-state index < -0.39 is 0 Å². The highest BCUT2D eigenvalue weighted by atomic mass is 16.3. The van der Waals surface area contributed by atoms with Crippen LogP contribution in [-0.2, 0) is 0 Å². The van der Waals surface area contributed by atoms with E-state index in [1.807, 2.05) is 0 Å². The molecule has 0 heterocycles. The minimum absolute atomic E-state index is 0.0861. The molecule has 1 heteroatoms. The summed E-state index contributed by atoms with van der Waals surface area (Å²) >= 11 is 0. The molecule has 4 aliphatic carbocycles. The molecule has 118 valence electrons. The monoisotopic (exact) mass is 288 g/mol. The molecule has 0 radical (unpaired) electrons. The van der Waals surface area contributed by atoms with Crippen LogP contribution in [0.5, 0.6) is 0 Å². The first-order chi connectivity index (χ1) is 9.97. The molecular weight excluding hydrogens is 256 g/mol. The second-order valence-electron chi connectivity index (χ2n) is 9.15. The van der Waals surface area contributed by atoms with Crippen LogP contribution in [0.3, 0.4) is 0 Å². The van der Waals surface area contributed by atoms with Crippen molar-refractivity contribution in [1.29, 1.82) is 0 Å². The van der Waals surface area contributed by atoms with E-state index in [4.69, 9.17) is 0 Å². The van der Waals surface area contributed by atoms with Crippen molar-refractivity contribution in [3.8, 4) is 0 Å². The number of rotatable bonds is 0. The second-order valence-corrected chi connectivity index (χ2v) is 9.15. The molecule has 0 aliphatic heterocycles. The molecule has 1 nitrogen and oxygen atoms in total. The molecular formula is C20H32O. The Bertz CT molecular complexity index is 455. The van der Waals surface area contributed by atoms with Gasteiger partial charge in [-0.15, -0.1) is 0 Å². The van der Waals surface area contributed by atoms with Crippen molar-refractivity contribution in [2.24, 2.45) is 34.5 Å². The van der Waals surface area contributed by atoms with Crippen LogP contribution in [-0.4, -0.2) is 11.2 Å². The van der Waals surface area contributed by atoms with E-state index in [0.717, 1.165) is 24.2 Å². The zero-order valence-electron chi connectivity index (χ0n) is 13.9. The fourth-order valence-corrected chi connectivity index (χ4v) is 7.32. The van der Waals surface area contributed by atoms with Crippen LogP contribution in [0.25, 0.3) is 0 Å².